The Bertz CT molecular complexity index is 1060. The Labute approximate surface area is 201 Å². The van der Waals surface area contributed by atoms with Crippen molar-refractivity contribution < 1.29 is 14.4 Å². The lowest BCUT2D eigenvalue weighted by atomic mass is 9.85. The number of para-hydroxylation sites is 1. The quantitative estimate of drug-likeness (QED) is 0.723. The fourth-order valence-electron chi connectivity index (χ4n) is 6.01. The number of likely N-dealkylation sites (tertiary alicyclic amines) is 2. The molecule has 3 aliphatic rings. The zero-order chi connectivity index (χ0) is 24.0. The highest BCUT2D eigenvalue weighted by molar-refractivity contribution is 6.00. The van der Waals surface area contributed by atoms with Gasteiger partial charge in [-0.3, -0.25) is 14.4 Å². The van der Waals surface area contributed by atoms with Crippen LogP contribution >= 0.6 is 0 Å². The largest absolute Gasteiger partial charge is 0.351 e. The van der Waals surface area contributed by atoms with Crippen molar-refractivity contribution in [2.45, 2.75) is 77.4 Å². The Morgan fingerprint density at radius 3 is 2.32 bits per heavy atom. The standard InChI is InChI=1S/C27H36N4O3/c1-27(2,3)23(29-24(32)22-13-18-11-7-8-12-21(18)28-22)26(34)31-16-19-14-20(31)15-30(19)25(33)17-9-5-4-6-10-17/h7-8,11-13,17,19-20,23,28H,4-6,9-10,14-16H2,1-3H3,(H,29,32)/t19-,20-,23?/m0/s1. The zero-order valence-electron chi connectivity index (χ0n) is 20.5. The molecule has 3 fully saturated rings. The van der Waals surface area contributed by atoms with Crippen LogP contribution in [0, 0.1) is 11.3 Å². The maximum Gasteiger partial charge on any atom is 0.268 e. The van der Waals surface area contributed by atoms with E-state index in [0.29, 0.717) is 24.7 Å². The molecule has 2 saturated heterocycles. The number of aromatic nitrogens is 1. The summed E-state index contributed by atoms with van der Waals surface area (Å²) in [6, 6.07) is 9.07. The molecule has 1 saturated carbocycles. The molecular formula is C27H36N4O3. The van der Waals surface area contributed by atoms with Gasteiger partial charge in [0.1, 0.15) is 11.7 Å². The fourth-order valence-corrected chi connectivity index (χ4v) is 6.01. The van der Waals surface area contributed by atoms with Crippen LogP contribution in [0.1, 0.15) is 69.8 Å². The first-order valence-corrected chi connectivity index (χ1v) is 12.7. The van der Waals surface area contributed by atoms with Crippen LogP contribution in [0.4, 0.5) is 0 Å². The first-order valence-electron chi connectivity index (χ1n) is 12.7. The molecule has 7 nitrogen and oxygen atoms in total. The number of carbonyl (C=O) groups is 3. The summed E-state index contributed by atoms with van der Waals surface area (Å²) in [7, 11) is 0. The number of H-pyrrole nitrogens is 1. The Hall–Kier alpha value is -2.83. The van der Waals surface area contributed by atoms with Crippen LogP contribution in [0.2, 0.25) is 0 Å². The predicted octanol–water partition coefficient (Wildman–Crippen LogP) is 3.70. The summed E-state index contributed by atoms with van der Waals surface area (Å²) in [6.45, 7) is 7.13. The first-order chi connectivity index (χ1) is 16.2. The number of nitrogens with zero attached hydrogens (tertiary/aromatic N) is 2. The summed E-state index contributed by atoms with van der Waals surface area (Å²) in [5.74, 6) is 0.131. The van der Waals surface area contributed by atoms with E-state index in [4.69, 9.17) is 0 Å². The summed E-state index contributed by atoms with van der Waals surface area (Å²) in [4.78, 5) is 47.0. The minimum atomic E-state index is -0.645. The number of hydrogen-bond donors (Lipinski definition) is 2. The Balaban J connectivity index is 1.27. The van der Waals surface area contributed by atoms with Crippen LogP contribution in [-0.2, 0) is 9.59 Å². The molecule has 2 bridgehead atoms. The number of piperazine rings is 1. The number of fused-ring (bicyclic) bond motifs is 3. The van der Waals surface area contributed by atoms with Crippen LogP contribution in [0.25, 0.3) is 10.9 Å². The van der Waals surface area contributed by atoms with E-state index < -0.39 is 11.5 Å². The van der Waals surface area contributed by atoms with Crippen molar-refractivity contribution in [2.24, 2.45) is 11.3 Å². The average Bonchev–Trinajstić information content (AvgIpc) is 3.55. The van der Waals surface area contributed by atoms with Gasteiger partial charge in [0.2, 0.25) is 11.8 Å². The van der Waals surface area contributed by atoms with Gasteiger partial charge in [-0.25, -0.2) is 0 Å². The van der Waals surface area contributed by atoms with Gasteiger partial charge in [0.05, 0.1) is 12.1 Å². The van der Waals surface area contributed by atoms with Crippen molar-refractivity contribution in [3.8, 4) is 0 Å². The second-order valence-corrected chi connectivity index (χ2v) is 11.4. The third kappa shape index (κ3) is 4.21. The molecule has 34 heavy (non-hydrogen) atoms. The third-order valence-corrected chi connectivity index (χ3v) is 7.92. The van der Waals surface area contributed by atoms with Crippen molar-refractivity contribution >= 4 is 28.6 Å². The van der Waals surface area contributed by atoms with Gasteiger partial charge in [-0.05, 0) is 36.8 Å². The monoisotopic (exact) mass is 464 g/mol. The van der Waals surface area contributed by atoms with E-state index in [-0.39, 0.29) is 29.8 Å². The fraction of sp³-hybridized carbons (Fsp3) is 0.593. The number of carbonyl (C=O) groups excluding carboxylic acids is 3. The van der Waals surface area contributed by atoms with Crippen LogP contribution in [0.5, 0.6) is 0 Å². The number of rotatable bonds is 4. The predicted molar refractivity (Wildman–Crippen MR) is 131 cm³/mol. The van der Waals surface area contributed by atoms with Gasteiger partial charge in [-0.1, -0.05) is 58.2 Å². The van der Waals surface area contributed by atoms with Crippen molar-refractivity contribution in [3.05, 3.63) is 36.0 Å². The summed E-state index contributed by atoms with van der Waals surface area (Å²) < 4.78 is 0. The summed E-state index contributed by atoms with van der Waals surface area (Å²) in [5.41, 5.74) is 0.902. The highest BCUT2D eigenvalue weighted by Crippen LogP contribution is 2.36. The number of benzene rings is 1. The van der Waals surface area contributed by atoms with Gasteiger partial charge >= 0.3 is 0 Å². The first kappa shape index (κ1) is 22.9. The molecule has 1 unspecified atom stereocenters. The van der Waals surface area contributed by atoms with E-state index in [0.717, 1.165) is 43.0 Å². The molecule has 2 aliphatic heterocycles. The highest BCUT2D eigenvalue weighted by atomic mass is 16.2. The molecule has 3 heterocycles. The number of hydrogen-bond acceptors (Lipinski definition) is 3. The third-order valence-electron chi connectivity index (χ3n) is 7.92. The molecule has 2 aromatic rings. The van der Waals surface area contributed by atoms with Crippen molar-refractivity contribution in [1.82, 2.24) is 20.1 Å². The summed E-state index contributed by atoms with van der Waals surface area (Å²) in [5, 5.41) is 3.98. The molecule has 1 aliphatic carbocycles. The Morgan fingerprint density at radius 2 is 1.68 bits per heavy atom. The molecule has 0 radical (unpaired) electrons. The van der Waals surface area contributed by atoms with Crippen LogP contribution < -0.4 is 5.32 Å². The summed E-state index contributed by atoms with van der Waals surface area (Å²) >= 11 is 0. The smallest absolute Gasteiger partial charge is 0.268 e. The van der Waals surface area contributed by atoms with E-state index >= 15 is 0 Å². The Kier molecular flexibility index (Phi) is 5.90. The Morgan fingerprint density at radius 1 is 1.00 bits per heavy atom. The van der Waals surface area contributed by atoms with Crippen molar-refractivity contribution in [1.29, 1.82) is 0 Å². The van der Waals surface area contributed by atoms with E-state index in [2.05, 4.69) is 10.3 Å². The van der Waals surface area contributed by atoms with Gasteiger partial charge < -0.3 is 20.1 Å². The van der Waals surface area contributed by atoms with E-state index in [1.807, 2.05) is 60.9 Å². The molecule has 2 N–H and O–H groups in total. The van der Waals surface area contributed by atoms with Crippen molar-refractivity contribution in [3.63, 3.8) is 0 Å². The molecular weight excluding hydrogens is 428 g/mol. The summed E-state index contributed by atoms with van der Waals surface area (Å²) in [6.07, 6.45) is 6.37. The SMILES string of the molecule is CC(C)(C)C(NC(=O)c1cc2ccccc2[nH]1)C(=O)N1C[C@@H]2C[C@H]1CN2C(=O)C1CCCCC1. The molecule has 3 atom stereocenters. The van der Waals surface area contributed by atoms with Gasteiger partial charge in [0.25, 0.3) is 5.91 Å². The lowest BCUT2D eigenvalue weighted by Crippen LogP contribution is -2.59. The minimum absolute atomic E-state index is 0.0415. The molecule has 182 valence electrons. The maximum atomic E-state index is 13.7. The zero-order valence-corrected chi connectivity index (χ0v) is 20.5. The van der Waals surface area contributed by atoms with E-state index in [1.54, 1.807) is 0 Å². The molecule has 7 heteroatoms. The van der Waals surface area contributed by atoms with Crippen molar-refractivity contribution in [2.75, 3.05) is 13.1 Å². The van der Waals surface area contributed by atoms with E-state index in [9.17, 15) is 14.4 Å². The van der Waals surface area contributed by atoms with Crippen LogP contribution in [-0.4, -0.2) is 63.7 Å². The van der Waals surface area contributed by atoms with Gasteiger partial charge in [0.15, 0.2) is 0 Å². The van der Waals surface area contributed by atoms with Crippen LogP contribution in [0.3, 0.4) is 0 Å². The number of nitrogens with one attached hydrogen (secondary N) is 2. The lowest BCUT2D eigenvalue weighted by Gasteiger charge is -2.40. The number of aromatic amines is 1. The molecule has 1 aromatic carbocycles. The van der Waals surface area contributed by atoms with Gasteiger partial charge in [-0.2, -0.15) is 0 Å². The molecule has 3 amide bonds. The second kappa shape index (κ2) is 8.75. The average molecular weight is 465 g/mol. The molecule has 1 aromatic heterocycles. The normalized spacial score (nSPS) is 24.0. The second-order valence-electron chi connectivity index (χ2n) is 11.4. The topological polar surface area (TPSA) is 85.5 Å². The van der Waals surface area contributed by atoms with E-state index in [1.165, 1.54) is 6.42 Å². The highest BCUT2D eigenvalue weighted by Gasteiger charge is 2.50. The lowest BCUT2D eigenvalue weighted by molar-refractivity contribution is -0.145. The van der Waals surface area contributed by atoms with Gasteiger partial charge in [-0.15, -0.1) is 0 Å². The van der Waals surface area contributed by atoms with Gasteiger partial charge in [0, 0.05) is 29.9 Å². The molecule has 5 rings (SSSR count). The number of amides is 3. The van der Waals surface area contributed by atoms with Crippen LogP contribution in [0.15, 0.2) is 30.3 Å². The molecule has 0 spiro atoms. The minimum Gasteiger partial charge on any atom is -0.351 e. The maximum absolute atomic E-state index is 13.7.